The SMILES string of the molecule is CC/C=C\C/C=C\C/C=C\C/C=C\C/C=C\CCCC(=O)OCC(COC1OC(C(=O)O)C(O)C(O)C1OC(=O)CCCCCC/C=C\C/C=C\C/C=C\C/C=C\CC)OC(=O)CCCCCC/C=C\C/C=C\C/C=C\C/C=C\CC. The molecule has 1 saturated heterocycles. The fourth-order valence-corrected chi connectivity index (χ4v) is 8.03. The summed E-state index contributed by atoms with van der Waals surface area (Å²) in [7, 11) is 0. The van der Waals surface area contributed by atoms with E-state index < -0.39 is 67.3 Å². The van der Waals surface area contributed by atoms with E-state index >= 15 is 0 Å². The molecule has 6 unspecified atom stereocenters. The maximum absolute atomic E-state index is 13.2. The van der Waals surface area contributed by atoms with Crippen LogP contribution in [0.5, 0.6) is 0 Å². The third-order valence-corrected chi connectivity index (χ3v) is 12.6. The fraction of sp³-hybridized carbons (Fsp3) is 0.565. The van der Waals surface area contributed by atoms with Crippen LogP contribution < -0.4 is 0 Å². The van der Waals surface area contributed by atoms with Crippen LogP contribution in [0.2, 0.25) is 0 Å². The molecule has 1 rings (SSSR count). The molecule has 1 fully saturated rings. The zero-order valence-corrected chi connectivity index (χ0v) is 49.7. The maximum Gasteiger partial charge on any atom is 0.335 e. The van der Waals surface area contributed by atoms with Crippen LogP contribution >= 0.6 is 0 Å². The topological polar surface area (TPSA) is 175 Å². The van der Waals surface area contributed by atoms with Crippen LogP contribution in [0.1, 0.15) is 201 Å². The van der Waals surface area contributed by atoms with Crippen molar-refractivity contribution in [2.24, 2.45) is 0 Å². The lowest BCUT2D eigenvalue weighted by molar-refractivity contribution is -0.301. The Hall–Kier alpha value is -5.66. The molecule has 452 valence electrons. The quantitative estimate of drug-likeness (QED) is 0.0228. The number of esters is 3. The van der Waals surface area contributed by atoms with Crippen LogP contribution in [0.3, 0.4) is 0 Å². The molecule has 6 atom stereocenters. The number of carboxylic acids is 1. The number of aliphatic carboxylic acids is 1. The fourth-order valence-electron chi connectivity index (χ4n) is 8.03. The van der Waals surface area contributed by atoms with Gasteiger partial charge in [0.1, 0.15) is 18.8 Å². The number of rotatable bonds is 49. The van der Waals surface area contributed by atoms with Gasteiger partial charge in [-0.15, -0.1) is 0 Å². The highest BCUT2D eigenvalue weighted by molar-refractivity contribution is 5.74. The molecular weight excluding hydrogens is 1020 g/mol. The van der Waals surface area contributed by atoms with E-state index in [4.69, 9.17) is 23.7 Å². The summed E-state index contributed by atoms with van der Waals surface area (Å²) in [5.74, 6) is -3.29. The molecule has 1 aliphatic heterocycles. The Morgan fingerprint density at radius 1 is 0.407 bits per heavy atom. The first-order valence-electron chi connectivity index (χ1n) is 30.5. The van der Waals surface area contributed by atoms with E-state index in [-0.39, 0.29) is 25.9 Å². The Bertz CT molecular complexity index is 2010. The van der Waals surface area contributed by atoms with Crippen LogP contribution in [0, 0.1) is 0 Å². The second-order valence-electron chi connectivity index (χ2n) is 19.8. The normalized spacial score (nSPS) is 18.9. The molecule has 0 spiro atoms. The lowest BCUT2D eigenvalue weighted by Crippen LogP contribution is -2.61. The molecule has 1 heterocycles. The highest BCUT2D eigenvalue weighted by Gasteiger charge is 2.50. The number of carbonyl (C=O) groups is 4. The van der Waals surface area contributed by atoms with E-state index in [1.165, 1.54) is 0 Å². The summed E-state index contributed by atoms with van der Waals surface area (Å²) in [6, 6.07) is 0. The molecule has 81 heavy (non-hydrogen) atoms. The standard InChI is InChI=1S/C69H104O12/c1-4-7-10-13-16-19-22-25-28-31-34-37-40-43-46-49-52-55-61(70)77-58-60(79-62(71)56-53-50-47-44-41-38-35-32-29-26-23-20-17-14-11-8-5-2)59-78-69-67(65(74)64(73)66(81-69)68(75)76)80-63(72)57-54-51-48-45-42-39-36-33-30-27-24-21-18-15-12-9-6-3/h7-12,16-21,25-30,34-39,43,46,60,64-67,69,73-74H,4-6,13-15,22-24,31-33,40-42,44-45,47-59H2,1-3H3,(H,75,76)/b10-7-,11-8-,12-9-,19-16-,20-17-,21-18-,28-25-,29-26-,30-27-,37-34-,38-35-,39-36-,46-43-. The summed E-state index contributed by atoms with van der Waals surface area (Å²) >= 11 is 0. The van der Waals surface area contributed by atoms with Crippen molar-refractivity contribution in [1.29, 1.82) is 0 Å². The summed E-state index contributed by atoms with van der Waals surface area (Å²) in [6.07, 6.45) is 67.8. The molecule has 12 heteroatoms. The van der Waals surface area contributed by atoms with Gasteiger partial charge in [0.2, 0.25) is 0 Å². The van der Waals surface area contributed by atoms with Gasteiger partial charge in [0, 0.05) is 19.3 Å². The number of carboxylic acid groups (broad SMARTS) is 1. The maximum atomic E-state index is 13.2. The van der Waals surface area contributed by atoms with Crippen molar-refractivity contribution in [2.45, 2.75) is 237 Å². The van der Waals surface area contributed by atoms with Crippen LogP contribution in [0.15, 0.2) is 158 Å². The van der Waals surface area contributed by atoms with Crippen molar-refractivity contribution in [3.8, 4) is 0 Å². The molecular formula is C69H104O12. The van der Waals surface area contributed by atoms with Crippen LogP contribution in [0.25, 0.3) is 0 Å². The molecule has 0 saturated carbocycles. The minimum atomic E-state index is -1.93. The monoisotopic (exact) mass is 1120 g/mol. The second-order valence-corrected chi connectivity index (χ2v) is 19.8. The van der Waals surface area contributed by atoms with Gasteiger partial charge in [0.15, 0.2) is 24.6 Å². The second kappa shape index (κ2) is 54.9. The van der Waals surface area contributed by atoms with Gasteiger partial charge in [0.25, 0.3) is 0 Å². The first kappa shape index (κ1) is 73.4. The van der Waals surface area contributed by atoms with Gasteiger partial charge in [-0.05, 0) is 135 Å². The number of unbranched alkanes of at least 4 members (excludes halogenated alkanes) is 9. The Labute approximate surface area is 488 Å². The lowest BCUT2D eigenvalue weighted by atomic mass is 9.98. The molecule has 0 radical (unpaired) electrons. The molecule has 3 N–H and O–H groups in total. The van der Waals surface area contributed by atoms with Crippen molar-refractivity contribution in [2.75, 3.05) is 13.2 Å². The van der Waals surface area contributed by atoms with Gasteiger partial charge in [-0.1, -0.05) is 204 Å². The first-order chi connectivity index (χ1) is 39.6. The van der Waals surface area contributed by atoms with Crippen molar-refractivity contribution in [3.05, 3.63) is 158 Å². The summed E-state index contributed by atoms with van der Waals surface area (Å²) in [5.41, 5.74) is 0. The van der Waals surface area contributed by atoms with Gasteiger partial charge < -0.3 is 39.0 Å². The predicted octanol–water partition coefficient (Wildman–Crippen LogP) is 16.1. The van der Waals surface area contributed by atoms with E-state index in [1.807, 2.05) is 6.08 Å². The van der Waals surface area contributed by atoms with Gasteiger partial charge in [0.05, 0.1) is 6.61 Å². The van der Waals surface area contributed by atoms with E-state index in [0.29, 0.717) is 25.7 Å². The number of aliphatic hydroxyl groups is 2. The van der Waals surface area contributed by atoms with Crippen molar-refractivity contribution in [3.63, 3.8) is 0 Å². The smallest absolute Gasteiger partial charge is 0.335 e. The summed E-state index contributed by atoms with van der Waals surface area (Å²) in [6.45, 7) is 5.56. The van der Waals surface area contributed by atoms with Crippen molar-refractivity contribution in [1.82, 2.24) is 0 Å². The van der Waals surface area contributed by atoms with Crippen LogP contribution in [0.4, 0.5) is 0 Å². The highest BCUT2D eigenvalue weighted by atomic mass is 16.7. The average molecular weight is 1130 g/mol. The molecule has 12 nitrogen and oxygen atoms in total. The van der Waals surface area contributed by atoms with Crippen LogP contribution in [-0.2, 0) is 42.9 Å². The van der Waals surface area contributed by atoms with Gasteiger partial charge in [-0.25, -0.2) is 4.79 Å². The molecule has 0 aromatic carbocycles. The van der Waals surface area contributed by atoms with Crippen molar-refractivity contribution < 1.29 is 58.2 Å². The average Bonchev–Trinajstić information content (AvgIpc) is 3.53. The van der Waals surface area contributed by atoms with Crippen molar-refractivity contribution >= 4 is 23.9 Å². The molecule has 0 amide bonds. The third-order valence-electron chi connectivity index (χ3n) is 12.6. The molecule has 0 aromatic rings. The lowest BCUT2D eigenvalue weighted by Gasteiger charge is -2.40. The Morgan fingerprint density at radius 2 is 0.753 bits per heavy atom. The summed E-state index contributed by atoms with van der Waals surface area (Å²) in [4.78, 5) is 51.2. The van der Waals surface area contributed by atoms with Crippen LogP contribution in [-0.4, -0.2) is 89.2 Å². The number of allylic oxidation sites excluding steroid dienone is 26. The molecule has 0 aliphatic carbocycles. The first-order valence-corrected chi connectivity index (χ1v) is 30.5. The molecule has 0 bridgehead atoms. The van der Waals surface area contributed by atoms with E-state index in [2.05, 4.69) is 173 Å². The van der Waals surface area contributed by atoms with E-state index in [1.54, 1.807) is 0 Å². The number of hydrogen-bond acceptors (Lipinski definition) is 11. The number of carbonyl (C=O) groups excluding carboxylic acids is 3. The number of aliphatic hydroxyl groups excluding tert-OH is 2. The van der Waals surface area contributed by atoms with Gasteiger partial charge in [-0.3, -0.25) is 14.4 Å². The van der Waals surface area contributed by atoms with Gasteiger partial charge >= 0.3 is 23.9 Å². The van der Waals surface area contributed by atoms with E-state index in [9.17, 15) is 34.5 Å². The Kier molecular flexibility index (Phi) is 49.7. The minimum Gasteiger partial charge on any atom is -0.479 e. The predicted molar refractivity (Wildman–Crippen MR) is 330 cm³/mol. The Morgan fingerprint density at radius 3 is 1.15 bits per heavy atom. The highest BCUT2D eigenvalue weighted by Crippen LogP contribution is 2.26. The van der Waals surface area contributed by atoms with Gasteiger partial charge in [-0.2, -0.15) is 0 Å². The Balaban J connectivity index is 2.77. The largest absolute Gasteiger partial charge is 0.479 e. The zero-order chi connectivity index (χ0) is 58.9. The third kappa shape index (κ3) is 44.7. The number of ether oxygens (including phenoxy) is 5. The zero-order valence-electron chi connectivity index (χ0n) is 49.7. The molecule has 0 aromatic heterocycles. The summed E-state index contributed by atoms with van der Waals surface area (Å²) in [5, 5.41) is 31.5. The summed E-state index contributed by atoms with van der Waals surface area (Å²) < 4.78 is 28.4. The number of hydrogen-bond donors (Lipinski definition) is 3. The minimum absolute atomic E-state index is 0.0140. The molecule has 1 aliphatic rings. The van der Waals surface area contributed by atoms with E-state index in [0.717, 1.165) is 135 Å².